The molecule has 3 aromatic rings. The monoisotopic (exact) mass is 480 g/mol. The Morgan fingerprint density at radius 1 is 0.588 bits per heavy atom. The zero-order valence-corrected chi connectivity index (χ0v) is 17.4. The lowest BCUT2D eigenvalue weighted by molar-refractivity contribution is -0.138. The van der Waals surface area contributed by atoms with Gasteiger partial charge in [0, 0.05) is 24.2 Å². The quantitative estimate of drug-likeness (QED) is 0.359. The third-order valence-corrected chi connectivity index (χ3v) is 4.84. The van der Waals surface area contributed by atoms with E-state index in [-0.39, 0.29) is 24.2 Å². The number of alkyl halides is 6. The molecule has 2 amide bonds. The zero-order chi connectivity index (χ0) is 24.9. The lowest BCUT2D eigenvalue weighted by Gasteiger charge is -2.10. The van der Waals surface area contributed by atoms with Crippen molar-refractivity contribution in [3.8, 4) is 11.1 Å². The topological polar surface area (TPSA) is 58.2 Å². The Hall–Kier alpha value is -3.82. The van der Waals surface area contributed by atoms with Crippen molar-refractivity contribution in [3.63, 3.8) is 0 Å². The molecular formula is C24H18F6N2O2. The van der Waals surface area contributed by atoms with Crippen LogP contribution in [0.15, 0.2) is 72.8 Å². The van der Waals surface area contributed by atoms with Crippen molar-refractivity contribution >= 4 is 11.8 Å². The molecule has 3 rings (SSSR count). The molecular weight excluding hydrogens is 462 g/mol. The van der Waals surface area contributed by atoms with E-state index in [9.17, 15) is 35.9 Å². The second-order valence-electron chi connectivity index (χ2n) is 7.24. The summed E-state index contributed by atoms with van der Waals surface area (Å²) in [7, 11) is 0. The standard InChI is InChI=1S/C24H18F6N2O2/c25-23(26,27)19-10-8-17(9-11-19)22(34)32-13-12-31-21(33)16-6-4-15(5-7-16)18-2-1-3-20(14-18)24(28,29)30/h1-11,14H,12-13H2,(H,31,33)(H,32,34). The molecule has 0 aliphatic heterocycles. The summed E-state index contributed by atoms with van der Waals surface area (Å²) in [6.07, 6.45) is -8.96. The first-order valence-corrected chi connectivity index (χ1v) is 9.96. The van der Waals surface area contributed by atoms with Gasteiger partial charge in [-0.1, -0.05) is 24.3 Å². The molecule has 0 radical (unpaired) electrons. The maximum absolute atomic E-state index is 12.9. The van der Waals surface area contributed by atoms with Crippen LogP contribution in [-0.4, -0.2) is 24.9 Å². The number of amides is 2. The second kappa shape index (κ2) is 9.98. The van der Waals surface area contributed by atoms with Crippen molar-refractivity contribution in [3.05, 3.63) is 95.1 Å². The Balaban J connectivity index is 1.50. The summed E-state index contributed by atoms with van der Waals surface area (Å²) < 4.78 is 76.4. The summed E-state index contributed by atoms with van der Waals surface area (Å²) in [6.45, 7) is 0.0918. The first-order chi connectivity index (χ1) is 15.9. The smallest absolute Gasteiger partial charge is 0.350 e. The molecule has 0 aliphatic carbocycles. The molecule has 4 nitrogen and oxygen atoms in total. The highest BCUT2D eigenvalue weighted by Crippen LogP contribution is 2.32. The van der Waals surface area contributed by atoms with Crippen LogP contribution in [0.2, 0.25) is 0 Å². The lowest BCUT2D eigenvalue weighted by atomic mass is 10.0. The first-order valence-electron chi connectivity index (χ1n) is 9.96. The van der Waals surface area contributed by atoms with Crippen LogP contribution in [0.3, 0.4) is 0 Å². The number of halogens is 6. The van der Waals surface area contributed by atoms with Gasteiger partial charge in [0.25, 0.3) is 11.8 Å². The van der Waals surface area contributed by atoms with Crippen LogP contribution in [0.5, 0.6) is 0 Å². The molecule has 0 unspecified atom stereocenters. The zero-order valence-electron chi connectivity index (χ0n) is 17.4. The van der Waals surface area contributed by atoms with Crippen molar-refractivity contribution in [1.29, 1.82) is 0 Å². The van der Waals surface area contributed by atoms with Crippen LogP contribution < -0.4 is 10.6 Å². The molecule has 178 valence electrons. The average Bonchev–Trinajstić information content (AvgIpc) is 2.80. The molecule has 0 saturated carbocycles. The maximum Gasteiger partial charge on any atom is 0.416 e. The second-order valence-corrected chi connectivity index (χ2v) is 7.24. The Kier molecular flexibility index (Phi) is 7.29. The van der Waals surface area contributed by atoms with E-state index in [0.29, 0.717) is 11.1 Å². The highest BCUT2D eigenvalue weighted by atomic mass is 19.4. The highest BCUT2D eigenvalue weighted by molar-refractivity contribution is 5.95. The minimum absolute atomic E-state index is 0.0356. The van der Waals surface area contributed by atoms with E-state index in [0.717, 1.165) is 36.4 Å². The largest absolute Gasteiger partial charge is 0.416 e. The van der Waals surface area contributed by atoms with Gasteiger partial charge in [0.1, 0.15) is 0 Å². The normalized spacial score (nSPS) is 11.7. The van der Waals surface area contributed by atoms with Gasteiger partial charge < -0.3 is 10.6 Å². The van der Waals surface area contributed by atoms with Gasteiger partial charge >= 0.3 is 12.4 Å². The first kappa shape index (κ1) is 24.8. The van der Waals surface area contributed by atoms with E-state index in [4.69, 9.17) is 0 Å². The van der Waals surface area contributed by atoms with E-state index >= 15 is 0 Å². The van der Waals surface area contributed by atoms with Crippen molar-refractivity contribution in [2.24, 2.45) is 0 Å². The fourth-order valence-electron chi connectivity index (χ4n) is 3.06. The molecule has 0 aromatic heterocycles. The minimum Gasteiger partial charge on any atom is -0.350 e. The van der Waals surface area contributed by atoms with E-state index in [2.05, 4.69) is 10.6 Å². The summed E-state index contributed by atoms with van der Waals surface area (Å²) in [5.74, 6) is -1.05. The van der Waals surface area contributed by atoms with Crippen molar-refractivity contribution in [2.75, 3.05) is 13.1 Å². The molecule has 0 fully saturated rings. The molecule has 0 heterocycles. The van der Waals surface area contributed by atoms with E-state index < -0.39 is 35.3 Å². The van der Waals surface area contributed by atoms with Gasteiger partial charge in [0.15, 0.2) is 0 Å². The molecule has 2 N–H and O–H groups in total. The van der Waals surface area contributed by atoms with Crippen molar-refractivity contribution in [1.82, 2.24) is 10.6 Å². The minimum atomic E-state index is -4.50. The van der Waals surface area contributed by atoms with Crippen LogP contribution in [0.1, 0.15) is 31.8 Å². The van der Waals surface area contributed by atoms with Crippen LogP contribution in [0, 0.1) is 0 Å². The van der Waals surface area contributed by atoms with Crippen LogP contribution in [-0.2, 0) is 12.4 Å². The fraction of sp³-hybridized carbons (Fsp3) is 0.167. The van der Waals surface area contributed by atoms with E-state index in [1.54, 1.807) is 0 Å². The van der Waals surface area contributed by atoms with Gasteiger partial charge in [-0.2, -0.15) is 26.3 Å². The lowest BCUT2D eigenvalue weighted by Crippen LogP contribution is -2.34. The number of nitrogens with one attached hydrogen (secondary N) is 2. The summed E-state index contributed by atoms with van der Waals surface area (Å²) >= 11 is 0. The predicted molar refractivity (Wildman–Crippen MR) is 113 cm³/mol. The van der Waals surface area contributed by atoms with Gasteiger partial charge in [-0.25, -0.2) is 0 Å². The van der Waals surface area contributed by atoms with E-state index in [1.807, 2.05) is 0 Å². The van der Waals surface area contributed by atoms with Gasteiger partial charge in [0.2, 0.25) is 0 Å². The number of benzene rings is 3. The number of hydrogen-bond donors (Lipinski definition) is 2. The van der Waals surface area contributed by atoms with Crippen LogP contribution >= 0.6 is 0 Å². The van der Waals surface area contributed by atoms with Gasteiger partial charge in [-0.15, -0.1) is 0 Å². The average molecular weight is 480 g/mol. The SMILES string of the molecule is O=C(NCCNC(=O)c1ccc(C(F)(F)F)cc1)c1ccc(-c2cccc(C(F)(F)F)c2)cc1. The Morgan fingerprint density at radius 3 is 1.53 bits per heavy atom. The molecule has 0 spiro atoms. The number of hydrogen-bond acceptors (Lipinski definition) is 2. The molecule has 0 bridgehead atoms. The molecule has 0 saturated heterocycles. The van der Waals surface area contributed by atoms with E-state index in [1.165, 1.54) is 36.4 Å². The number of rotatable bonds is 6. The molecule has 10 heteroatoms. The fourth-order valence-corrected chi connectivity index (χ4v) is 3.06. The summed E-state index contributed by atoms with van der Waals surface area (Å²) in [6, 6.07) is 14.5. The maximum atomic E-state index is 12.9. The van der Waals surface area contributed by atoms with Crippen molar-refractivity contribution in [2.45, 2.75) is 12.4 Å². The third kappa shape index (κ3) is 6.37. The number of carbonyl (C=O) groups is 2. The molecule has 0 aliphatic rings. The molecule has 3 aromatic carbocycles. The Morgan fingerprint density at radius 2 is 1.06 bits per heavy atom. The Bertz CT molecular complexity index is 1150. The van der Waals surface area contributed by atoms with Gasteiger partial charge in [0.05, 0.1) is 11.1 Å². The molecule has 34 heavy (non-hydrogen) atoms. The third-order valence-electron chi connectivity index (χ3n) is 4.84. The van der Waals surface area contributed by atoms with Gasteiger partial charge in [-0.3, -0.25) is 9.59 Å². The summed E-state index contributed by atoms with van der Waals surface area (Å²) in [5, 5.41) is 5.06. The number of carbonyl (C=O) groups excluding carboxylic acids is 2. The summed E-state index contributed by atoms with van der Waals surface area (Å²) in [4.78, 5) is 24.2. The Labute approximate surface area is 190 Å². The van der Waals surface area contributed by atoms with Crippen LogP contribution in [0.4, 0.5) is 26.3 Å². The van der Waals surface area contributed by atoms with Crippen molar-refractivity contribution < 1.29 is 35.9 Å². The van der Waals surface area contributed by atoms with Crippen LogP contribution in [0.25, 0.3) is 11.1 Å². The molecule has 0 atom stereocenters. The summed E-state index contributed by atoms with van der Waals surface area (Å²) in [5.41, 5.74) is -0.464. The highest BCUT2D eigenvalue weighted by Gasteiger charge is 2.31. The van der Waals surface area contributed by atoms with Gasteiger partial charge in [-0.05, 0) is 59.7 Å². The predicted octanol–water partition coefficient (Wildman–Crippen LogP) is 5.55.